The van der Waals surface area contributed by atoms with E-state index >= 15 is 0 Å². The average Bonchev–Trinajstić information content (AvgIpc) is 2.79. The molecule has 0 amide bonds. The smallest absolute Gasteiger partial charge is 0.167 e. The van der Waals surface area contributed by atoms with Crippen LogP contribution in [0.3, 0.4) is 0 Å². The molecule has 0 bridgehead atoms. The number of aromatic amines is 1. The lowest BCUT2D eigenvalue weighted by Gasteiger charge is -2.06. The number of hydrogen-bond donors (Lipinski definition) is 2. The Morgan fingerprint density at radius 1 is 1.50 bits per heavy atom. The van der Waals surface area contributed by atoms with Crippen molar-refractivity contribution in [2.45, 2.75) is 6.54 Å². The molecule has 2 rings (SSSR count). The van der Waals surface area contributed by atoms with Crippen molar-refractivity contribution in [2.24, 2.45) is 0 Å². The Balaban J connectivity index is 2.02. The summed E-state index contributed by atoms with van der Waals surface area (Å²) >= 11 is 0. The van der Waals surface area contributed by atoms with Gasteiger partial charge < -0.3 is 15.0 Å². The standard InChI is InChI=1S/C11H12FN3O/c1-16-10-3-2-8(6-9(10)12)15-7-11-13-4-5-14-11/h2-6,15H,7H2,1H3,(H,13,14). The molecule has 2 aromatic rings. The Morgan fingerprint density at radius 3 is 3.00 bits per heavy atom. The van der Waals surface area contributed by atoms with Crippen LogP contribution >= 0.6 is 0 Å². The van der Waals surface area contributed by atoms with Gasteiger partial charge in [0.05, 0.1) is 13.7 Å². The van der Waals surface area contributed by atoms with Crippen LogP contribution in [0.1, 0.15) is 5.82 Å². The molecule has 0 fully saturated rings. The van der Waals surface area contributed by atoms with Crippen molar-refractivity contribution < 1.29 is 9.13 Å². The van der Waals surface area contributed by atoms with Crippen molar-refractivity contribution in [2.75, 3.05) is 12.4 Å². The Bertz CT molecular complexity index is 456. The first-order valence-electron chi connectivity index (χ1n) is 4.85. The van der Waals surface area contributed by atoms with E-state index in [9.17, 15) is 4.39 Å². The molecule has 5 heteroatoms. The molecule has 0 aliphatic carbocycles. The lowest BCUT2D eigenvalue weighted by molar-refractivity contribution is 0.386. The molecule has 1 aromatic carbocycles. The third kappa shape index (κ3) is 2.31. The number of aromatic nitrogens is 2. The minimum Gasteiger partial charge on any atom is -0.494 e. The Kier molecular flexibility index (Phi) is 3.05. The van der Waals surface area contributed by atoms with E-state index in [1.807, 2.05) is 0 Å². The van der Waals surface area contributed by atoms with Crippen LogP contribution in [0.25, 0.3) is 0 Å². The maximum absolute atomic E-state index is 13.3. The molecule has 0 saturated heterocycles. The number of imidazole rings is 1. The number of rotatable bonds is 4. The number of methoxy groups -OCH3 is 1. The Labute approximate surface area is 92.5 Å². The van der Waals surface area contributed by atoms with Crippen LogP contribution in [0.15, 0.2) is 30.6 Å². The van der Waals surface area contributed by atoms with Crippen LogP contribution in [-0.4, -0.2) is 17.1 Å². The van der Waals surface area contributed by atoms with Gasteiger partial charge >= 0.3 is 0 Å². The minimum atomic E-state index is -0.382. The fourth-order valence-corrected chi connectivity index (χ4v) is 1.36. The number of halogens is 1. The maximum atomic E-state index is 13.3. The molecule has 0 spiro atoms. The average molecular weight is 221 g/mol. The van der Waals surface area contributed by atoms with E-state index in [0.29, 0.717) is 12.2 Å². The van der Waals surface area contributed by atoms with Gasteiger partial charge in [-0.2, -0.15) is 0 Å². The molecule has 0 aliphatic heterocycles. The van der Waals surface area contributed by atoms with Gasteiger partial charge in [0, 0.05) is 24.1 Å². The van der Waals surface area contributed by atoms with Crippen LogP contribution in [-0.2, 0) is 6.54 Å². The highest BCUT2D eigenvalue weighted by Gasteiger charge is 2.03. The van der Waals surface area contributed by atoms with E-state index in [-0.39, 0.29) is 11.6 Å². The van der Waals surface area contributed by atoms with Gasteiger partial charge in [-0.25, -0.2) is 9.37 Å². The minimum absolute atomic E-state index is 0.239. The van der Waals surface area contributed by atoms with Gasteiger partial charge in [0.25, 0.3) is 0 Å². The maximum Gasteiger partial charge on any atom is 0.167 e. The molecule has 4 nitrogen and oxygen atoms in total. The molecular formula is C11H12FN3O. The zero-order chi connectivity index (χ0) is 11.4. The summed E-state index contributed by atoms with van der Waals surface area (Å²) in [6.07, 6.45) is 3.41. The lowest BCUT2D eigenvalue weighted by Crippen LogP contribution is -2.01. The van der Waals surface area contributed by atoms with E-state index in [1.165, 1.54) is 13.2 Å². The second-order valence-electron chi connectivity index (χ2n) is 3.24. The second kappa shape index (κ2) is 4.65. The van der Waals surface area contributed by atoms with Gasteiger partial charge in [-0.1, -0.05) is 0 Å². The Morgan fingerprint density at radius 2 is 2.38 bits per heavy atom. The predicted octanol–water partition coefficient (Wildman–Crippen LogP) is 2.17. The van der Waals surface area contributed by atoms with Crippen LogP contribution in [0.2, 0.25) is 0 Å². The van der Waals surface area contributed by atoms with Crippen LogP contribution < -0.4 is 10.1 Å². The van der Waals surface area contributed by atoms with Gasteiger partial charge in [-0.3, -0.25) is 0 Å². The summed E-state index contributed by atoms with van der Waals surface area (Å²) in [5, 5.41) is 3.05. The molecule has 0 aliphatic rings. The molecule has 1 heterocycles. The van der Waals surface area contributed by atoms with E-state index in [2.05, 4.69) is 15.3 Å². The molecular weight excluding hydrogens is 209 g/mol. The molecule has 1 aromatic heterocycles. The third-order valence-electron chi connectivity index (χ3n) is 2.17. The number of ether oxygens (including phenoxy) is 1. The van der Waals surface area contributed by atoms with E-state index in [4.69, 9.17) is 4.74 Å². The molecule has 84 valence electrons. The van der Waals surface area contributed by atoms with E-state index < -0.39 is 0 Å². The normalized spacial score (nSPS) is 10.1. The van der Waals surface area contributed by atoms with E-state index in [0.717, 1.165) is 5.82 Å². The number of H-pyrrole nitrogens is 1. The second-order valence-corrected chi connectivity index (χ2v) is 3.24. The van der Waals surface area contributed by atoms with Crippen molar-refractivity contribution in [3.8, 4) is 5.75 Å². The quantitative estimate of drug-likeness (QED) is 0.831. The van der Waals surface area contributed by atoms with Crippen molar-refractivity contribution in [3.05, 3.63) is 42.2 Å². The highest BCUT2D eigenvalue weighted by atomic mass is 19.1. The first-order valence-corrected chi connectivity index (χ1v) is 4.85. The largest absolute Gasteiger partial charge is 0.494 e. The van der Waals surface area contributed by atoms with Gasteiger partial charge in [-0.05, 0) is 12.1 Å². The van der Waals surface area contributed by atoms with Crippen LogP contribution in [0, 0.1) is 5.82 Å². The zero-order valence-corrected chi connectivity index (χ0v) is 8.83. The summed E-state index contributed by atoms with van der Waals surface area (Å²) in [7, 11) is 1.44. The summed E-state index contributed by atoms with van der Waals surface area (Å²) < 4.78 is 18.2. The molecule has 0 saturated carbocycles. The fraction of sp³-hybridized carbons (Fsp3) is 0.182. The number of anilines is 1. The van der Waals surface area contributed by atoms with Crippen molar-refractivity contribution in [1.29, 1.82) is 0 Å². The summed E-state index contributed by atoms with van der Waals surface area (Å²) in [6.45, 7) is 0.527. The van der Waals surface area contributed by atoms with Crippen LogP contribution in [0.4, 0.5) is 10.1 Å². The van der Waals surface area contributed by atoms with E-state index in [1.54, 1.807) is 24.5 Å². The summed E-state index contributed by atoms with van der Waals surface area (Å²) in [5.74, 6) is 0.659. The third-order valence-corrected chi connectivity index (χ3v) is 2.17. The highest BCUT2D eigenvalue weighted by Crippen LogP contribution is 2.20. The summed E-state index contributed by atoms with van der Waals surface area (Å²) in [5.41, 5.74) is 0.690. The fourth-order valence-electron chi connectivity index (χ4n) is 1.36. The molecule has 16 heavy (non-hydrogen) atoms. The zero-order valence-electron chi connectivity index (χ0n) is 8.83. The molecule has 0 radical (unpaired) electrons. The molecule has 0 unspecified atom stereocenters. The highest BCUT2D eigenvalue weighted by molar-refractivity contribution is 5.47. The SMILES string of the molecule is COc1ccc(NCc2ncc[nH]2)cc1F. The van der Waals surface area contributed by atoms with Crippen LogP contribution in [0.5, 0.6) is 5.75 Å². The van der Waals surface area contributed by atoms with Crippen molar-refractivity contribution in [1.82, 2.24) is 9.97 Å². The van der Waals surface area contributed by atoms with Gasteiger partial charge in [0.1, 0.15) is 5.82 Å². The lowest BCUT2D eigenvalue weighted by atomic mass is 10.3. The topological polar surface area (TPSA) is 49.9 Å². The monoisotopic (exact) mass is 221 g/mol. The Hall–Kier alpha value is -2.04. The first kappa shape index (κ1) is 10.5. The first-order chi connectivity index (χ1) is 7.79. The number of nitrogens with one attached hydrogen (secondary N) is 2. The van der Waals surface area contributed by atoms with Gasteiger partial charge in [0.15, 0.2) is 11.6 Å². The molecule has 2 N–H and O–H groups in total. The number of hydrogen-bond acceptors (Lipinski definition) is 3. The number of nitrogens with zero attached hydrogens (tertiary/aromatic N) is 1. The van der Waals surface area contributed by atoms with Gasteiger partial charge in [-0.15, -0.1) is 0 Å². The predicted molar refractivity (Wildman–Crippen MR) is 58.9 cm³/mol. The van der Waals surface area contributed by atoms with Gasteiger partial charge in [0.2, 0.25) is 0 Å². The van der Waals surface area contributed by atoms with Crippen molar-refractivity contribution >= 4 is 5.69 Å². The summed E-state index contributed by atoms with van der Waals surface area (Å²) in [6, 6.07) is 4.73. The summed E-state index contributed by atoms with van der Waals surface area (Å²) in [4.78, 5) is 7.00. The molecule has 0 atom stereocenters. The van der Waals surface area contributed by atoms with Crippen molar-refractivity contribution in [3.63, 3.8) is 0 Å². The number of benzene rings is 1.